The van der Waals surface area contributed by atoms with Gasteiger partial charge in [0.05, 0.1) is 17.3 Å². The van der Waals surface area contributed by atoms with Crippen molar-refractivity contribution in [3.05, 3.63) is 64.4 Å². The number of hydrogen-bond acceptors (Lipinski definition) is 5. The highest BCUT2D eigenvalue weighted by Gasteiger charge is 2.11. The minimum absolute atomic E-state index is 0.383. The number of nitrogens with one attached hydrogen (secondary N) is 1. The van der Waals surface area contributed by atoms with E-state index in [9.17, 15) is 4.21 Å². The van der Waals surface area contributed by atoms with Crippen LogP contribution in [0.5, 0.6) is 0 Å². The zero-order valence-electron chi connectivity index (χ0n) is 14.0. The van der Waals surface area contributed by atoms with Gasteiger partial charge in [0, 0.05) is 28.4 Å². The molecular weight excluding hydrogens is 358 g/mol. The Labute approximate surface area is 153 Å². The fraction of sp³-hybridized carbons (Fsp3) is 0.222. The average molecular weight is 376 g/mol. The first kappa shape index (κ1) is 17.6. The van der Waals surface area contributed by atoms with E-state index in [-0.39, 0.29) is 0 Å². The first-order valence-corrected chi connectivity index (χ1v) is 9.84. The third-order valence-electron chi connectivity index (χ3n) is 3.68. The first-order valence-electron chi connectivity index (χ1n) is 7.74. The minimum atomic E-state index is -0.902. The molecule has 0 fully saturated rings. The molecule has 0 aliphatic rings. The van der Waals surface area contributed by atoms with Gasteiger partial charge in [-0.3, -0.25) is 4.21 Å². The Morgan fingerprint density at radius 2 is 2.04 bits per heavy atom. The molecule has 1 aromatic heterocycles. The summed E-state index contributed by atoms with van der Waals surface area (Å²) in [5.41, 5.74) is 3.72. The molecule has 1 N–H and O–H groups in total. The van der Waals surface area contributed by atoms with Gasteiger partial charge in [0.2, 0.25) is 0 Å². The lowest BCUT2D eigenvalue weighted by Gasteiger charge is -2.08. The molecule has 1 unspecified atom stereocenters. The SMILES string of the molecule is Cc1ccccc1-c1nc(CNc2cc(CS(C)=O)ccc2Cl)no1. The summed E-state index contributed by atoms with van der Waals surface area (Å²) in [7, 11) is -0.902. The van der Waals surface area contributed by atoms with E-state index in [1.807, 2.05) is 43.3 Å². The van der Waals surface area contributed by atoms with Crippen molar-refractivity contribution in [3.8, 4) is 11.5 Å². The van der Waals surface area contributed by atoms with Gasteiger partial charge < -0.3 is 9.84 Å². The van der Waals surface area contributed by atoms with Crippen molar-refractivity contribution in [1.29, 1.82) is 0 Å². The molecule has 2 aromatic carbocycles. The van der Waals surface area contributed by atoms with E-state index in [4.69, 9.17) is 16.1 Å². The molecule has 3 aromatic rings. The van der Waals surface area contributed by atoms with Crippen LogP contribution in [0.3, 0.4) is 0 Å². The maximum Gasteiger partial charge on any atom is 0.258 e. The molecule has 130 valence electrons. The van der Waals surface area contributed by atoms with Crippen molar-refractivity contribution in [1.82, 2.24) is 10.1 Å². The van der Waals surface area contributed by atoms with Gasteiger partial charge in [-0.2, -0.15) is 4.98 Å². The van der Waals surface area contributed by atoms with Crippen LogP contribution in [0.2, 0.25) is 5.02 Å². The van der Waals surface area contributed by atoms with Crippen LogP contribution >= 0.6 is 11.6 Å². The average Bonchev–Trinajstić information content (AvgIpc) is 3.04. The highest BCUT2D eigenvalue weighted by atomic mass is 35.5. The Hall–Kier alpha value is -2.18. The van der Waals surface area contributed by atoms with Gasteiger partial charge >= 0.3 is 0 Å². The van der Waals surface area contributed by atoms with E-state index in [2.05, 4.69) is 15.5 Å². The van der Waals surface area contributed by atoms with E-state index in [0.29, 0.717) is 29.0 Å². The molecule has 0 amide bonds. The van der Waals surface area contributed by atoms with Crippen LogP contribution in [0.1, 0.15) is 17.0 Å². The molecule has 0 saturated carbocycles. The van der Waals surface area contributed by atoms with Crippen molar-refractivity contribution in [2.75, 3.05) is 11.6 Å². The summed E-state index contributed by atoms with van der Waals surface area (Å²) < 4.78 is 16.7. The van der Waals surface area contributed by atoms with Gasteiger partial charge in [0.15, 0.2) is 5.82 Å². The molecule has 25 heavy (non-hydrogen) atoms. The summed E-state index contributed by atoms with van der Waals surface area (Å²) >= 11 is 6.22. The normalized spacial score (nSPS) is 12.1. The maximum absolute atomic E-state index is 11.4. The summed E-state index contributed by atoms with van der Waals surface area (Å²) in [5, 5.41) is 7.81. The standard InChI is InChI=1S/C18H18ClN3O2S/c1-12-5-3-4-6-14(12)18-21-17(22-24-18)10-20-16-9-13(11-25(2)23)7-8-15(16)19/h3-9,20H,10-11H2,1-2H3. The molecule has 0 radical (unpaired) electrons. The van der Waals surface area contributed by atoms with Gasteiger partial charge in [-0.05, 0) is 36.2 Å². The fourth-order valence-corrected chi connectivity index (χ4v) is 3.29. The minimum Gasteiger partial charge on any atom is -0.376 e. The summed E-state index contributed by atoms with van der Waals surface area (Å²) in [6, 6.07) is 13.4. The Kier molecular flexibility index (Phi) is 5.50. The van der Waals surface area contributed by atoms with Crippen LogP contribution in [0.4, 0.5) is 5.69 Å². The second-order valence-corrected chi connectivity index (χ2v) is 7.56. The van der Waals surface area contributed by atoms with Gasteiger partial charge in [-0.1, -0.05) is 41.0 Å². The summed E-state index contributed by atoms with van der Waals surface area (Å²) in [4.78, 5) is 4.42. The second-order valence-electron chi connectivity index (χ2n) is 5.72. The number of benzene rings is 2. The van der Waals surface area contributed by atoms with E-state index in [1.54, 1.807) is 12.3 Å². The van der Waals surface area contributed by atoms with E-state index in [0.717, 1.165) is 22.4 Å². The van der Waals surface area contributed by atoms with Crippen molar-refractivity contribution in [2.45, 2.75) is 19.2 Å². The number of halogens is 1. The van der Waals surface area contributed by atoms with Crippen LogP contribution in [0.15, 0.2) is 47.0 Å². The summed E-state index contributed by atoms with van der Waals surface area (Å²) in [6.07, 6.45) is 1.67. The number of anilines is 1. The smallest absolute Gasteiger partial charge is 0.258 e. The molecule has 3 rings (SSSR count). The lowest BCUT2D eigenvalue weighted by Crippen LogP contribution is -2.03. The zero-order chi connectivity index (χ0) is 17.8. The monoisotopic (exact) mass is 375 g/mol. The lowest BCUT2D eigenvalue weighted by molar-refractivity contribution is 0.423. The zero-order valence-corrected chi connectivity index (χ0v) is 15.5. The maximum atomic E-state index is 11.4. The molecule has 1 heterocycles. The van der Waals surface area contributed by atoms with E-state index in [1.165, 1.54) is 0 Å². The molecule has 0 bridgehead atoms. The number of hydrogen-bond donors (Lipinski definition) is 1. The van der Waals surface area contributed by atoms with Gasteiger partial charge in [-0.15, -0.1) is 0 Å². The number of nitrogens with zero attached hydrogens (tertiary/aromatic N) is 2. The predicted octanol–water partition coefficient (Wildman–Crippen LogP) is 4.19. The predicted molar refractivity (Wildman–Crippen MR) is 101 cm³/mol. The molecule has 0 saturated heterocycles. The Morgan fingerprint density at radius 1 is 1.24 bits per heavy atom. The van der Waals surface area contributed by atoms with Crippen molar-refractivity contribution >= 4 is 28.1 Å². The molecule has 0 aliphatic heterocycles. The molecule has 7 heteroatoms. The highest BCUT2D eigenvalue weighted by Crippen LogP contribution is 2.25. The Morgan fingerprint density at radius 3 is 2.80 bits per heavy atom. The quantitative estimate of drug-likeness (QED) is 0.699. The molecule has 1 atom stereocenters. The van der Waals surface area contributed by atoms with Gasteiger partial charge in [0.25, 0.3) is 5.89 Å². The lowest BCUT2D eigenvalue weighted by atomic mass is 10.1. The molecular formula is C18H18ClN3O2S. The largest absolute Gasteiger partial charge is 0.376 e. The van der Waals surface area contributed by atoms with Crippen LogP contribution in [-0.4, -0.2) is 20.6 Å². The summed E-state index contributed by atoms with van der Waals surface area (Å²) in [6.45, 7) is 2.38. The van der Waals surface area contributed by atoms with Crippen LogP contribution in [-0.2, 0) is 23.1 Å². The third kappa shape index (κ3) is 4.46. The third-order valence-corrected chi connectivity index (χ3v) is 4.75. The first-order chi connectivity index (χ1) is 12.0. The molecule has 0 aliphatic carbocycles. The van der Waals surface area contributed by atoms with Crippen molar-refractivity contribution in [3.63, 3.8) is 0 Å². The Bertz CT molecular complexity index is 911. The highest BCUT2D eigenvalue weighted by molar-refractivity contribution is 7.83. The number of rotatable bonds is 6. The number of aromatic nitrogens is 2. The number of aryl methyl sites for hydroxylation is 1. The summed E-state index contributed by atoms with van der Waals surface area (Å²) in [5.74, 6) is 1.53. The van der Waals surface area contributed by atoms with Crippen LogP contribution in [0, 0.1) is 6.92 Å². The van der Waals surface area contributed by atoms with Crippen molar-refractivity contribution in [2.24, 2.45) is 0 Å². The Balaban J connectivity index is 1.72. The second kappa shape index (κ2) is 7.80. The van der Waals surface area contributed by atoms with Gasteiger partial charge in [-0.25, -0.2) is 0 Å². The topological polar surface area (TPSA) is 68.0 Å². The fourth-order valence-electron chi connectivity index (χ4n) is 2.45. The van der Waals surface area contributed by atoms with E-state index < -0.39 is 10.8 Å². The van der Waals surface area contributed by atoms with Crippen molar-refractivity contribution < 1.29 is 8.73 Å². The van der Waals surface area contributed by atoms with Crippen LogP contribution in [0.25, 0.3) is 11.5 Å². The van der Waals surface area contributed by atoms with Gasteiger partial charge in [0.1, 0.15) is 0 Å². The van der Waals surface area contributed by atoms with E-state index >= 15 is 0 Å². The molecule has 0 spiro atoms. The molecule has 5 nitrogen and oxygen atoms in total. The van der Waals surface area contributed by atoms with Crippen LogP contribution < -0.4 is 5.32 Å².